The second-order valence-corrected chi connectivity index (χ2v) is 11.9. The number of imidazole rings is 1. The minimum absolute atomic E-state index is 0.0933. The number of sulfone groups is 1. The largest absolute Gasteiger partial charge is 0.390 e. The van der Waals surface area contributed by atoms with Crippen molar-refractivity contribution in [2.45, 2.75) is 37.3 Å². The fourth-order valence-electron chi connectivity index (χ4n) is 4.85. The standard InChI is InChI=1S/C25H36N6O5S/c1-4-19-6-8-21(9-7-19)37(35,36)15-5-10-29-11-13-30(14-12-29)16-20(32)17-31-24(33)22-23(26-18-27(22)2)28(3)25(31)34/h6-9,18,20,32H,4-5,10-17H2,1-3H3. The van der Waals surface area contributed by atoms with Gasteiger partial charge in [0.2, 0.25) is 0 Å². The van der Waals surface area contributed by atoms with Crippen molar-refractivity contribution in [1.29, 1.82) is 0 Å². The van der Waals surface area contributed by atoms with E-state index in [1.165, 1.54) is 10.9 Å². The van der Waals surface area contributed by atoms with Gasteiger partial charge in [0.25, 0.3) is 5.56 Å². The summed E-state index contributed by atoms with van der Waals surface area (Å²) in [7, 11) is -0.0392. The van der Waals surface area contributed by atoms with Gasteiger partial charge in [-0.25, -0.2) is 18.2 Å². The summed E-state index contributed by atoms with van der Waals surface area (Å²) >= 11 is 0. The molecule has 37 heavy (non-hydrogen) atoms. The molecule has 1 aliphatic rings. The average Bonchev–Trinajstić information content (AvgIpc) is 3.28. The van der Waals surface area contributed by atoms with E-state index in [0.29, 0.717) is 35.6 Å². The van der Waals surface area contributed by atoms with Crippen LogP contribution in [0.15, 0.2) is 45.1 Å². The summed E-state index contributed by atoms with van der Waals surface area (Å²) < 4.78 is 29.2. The Morgan fingerprint density at radius 2 is 1.65 bits per heavy atom. The van der Waals surface area contributed by atoms with E-state index in [2.05, 4.69) is 14.8 Å². The van der Waals surface area contributed by atoms with Crippen molar-refractivity contribution in [3.8, 4) is 0 Å². The third-order valence-corrected chi connectivity index (χ3v) is 8.92. The van der Waals surface area contributed by atoms with E-state index in [-0.39, 0.29) is 12.3 Å². The van der Waals surface area contributed by atoms with Crippen molar-refractivity contribution in [3.05, 3.63) is 57.0 Å². The third-order valence-electron chi connectivity index (χ3n) is 7.11. The summed E-state index contributed by atoms with van der Waals surface area (Å²) in [6.45, 7) is 5.95. The molecule has 12 heteroatoms. The predicted molar refractivity (Wildman–Crippen MR) is 142 cm³/mol. The topological polar surface area (TPSA) is 123 Å². The first-order valence-electron chi connectivity index (χ1n) is 12.7. The van der Waals surface area contributed by atoms with Crippen LogP contribution in [0.5, 0.6) is 0 Å². The van der Waals surface area contributed by atoms with Crippen LogP contribution >= 0.6 is 0 Å². The molecule has 0 aliphatic carbocycles. The van der Waals surface area contributed by atoms with Gasteiger partial charge in [-0.1, -0.05) is 19.1 Å². The zero-order chi connectivity index (χ0) is 26.7. The van der Waals surface area contributed by atoms with Gasteiger partial charge in [-0.2, -0.15) is 0 Å². The zero-order valence-corrected chi connectivity index (χ0v) is 22.5. The molecule has 1 atom stereocenters. The van der Waals surface area contributed by atoms with Gasteiger partial charge in [0, 0.05) is 46.8 Å². The summed E-state index contributed by atoms with van der Waals surface area (Å²) in [6, 6.07) is 7.12. The predicted octanol–water partition coefficient (Wildman–Crippen LogP) is -0.161. The molecular weight excluding hydrogens is 496 g/mol. The maximum Gasteiger partial charge on any atom is 0.332 e. The molecular formula is C25H36N6O5S. The average molecular weight is 533 g/mol. The molecule has 2 aromatic heterocycles. The van der Waals surface area contributed by atoms with Gasteiger partial charge >= 0.3 is 5.69 Å². The molecule has 1 saturated heterocycles. The summed E-state index contributed by atoms with van der Waals surface area (Å²) in [5, 5.41) is 10.7. The number of hydrogen-bond donors (Lipinski definition) is 1. The molecule has 202 valence electrons. The molecule has 11 nitrogen and oxygen atoms in total. The maximum atomic E-state index is 12.9. The summed E-state index contributed by atoms with van der Waals surface area (Å²) in [5.41, 5.74) is 0.796. The Labute approximate surface area is 216 Å². The van der Waals surface area contributed by atoms with E-state index < -0.39 is 27.2 Å². The normalized spacial score (nSPS) is 16.4. The van der Waals surface area contributed by atoms with Crippen LogP contribution in [0.25, 0.3) is 11.2 Å². The molecule has 1 unspecified atom stereocenters. The molecule has 4 rings (SSSR count). The summed E-state index contributed by atoms with van der Waals surface area (Å²) in [6.07, 6.45) is 2.04. The highest BCUT2D eigenvalue weighted by molar-refractivity contribution is 7.91. The monoisotopic (exact) mass is 532 g/mol. The quantitative estimate of drug-likeness (QED) is 0.382. The SMILES string of the molecule is CCc1ccc(S(=O)(=O)CCCN2CCN(CC(O)Cn3c(=O)c4c(ncn4C)n(C)c3=O)CC2)cc1. The molecule has 0 radical (unpaired) electrons. The van der Waals surface area contributed by atoms with Gasteiger partial charge in [-0.3, -0.25) is 18.8 Å². The lowest BCUT2D eigenvalue weighted by molar-refractivity contribution is 0.0632. The number of β-amino-alcohol motifs (C(OH)–C–C–N with tert-alkyl or cyclic N) is 1. The van der Waals surface area contributed by atoms with Crippen molar-refractivity contribution < 1.29 is 13.5 Å². The van der Waals surface area contributed by atoms with E-state index in [9.17, 15) is 23.1 Å². The molecule has 0 bridgehead atoms. The van der Waals surface area contributed by atoms with Gasteiger partial charge in [0.1, 0.15) is 0 Å². The molecule has 0 saturated carbocycles. The Morgan fingerprint density at radius 3 is 2.30 bits per heavy atom. The lowest BCUT2D eigenvalue weighted by atomic mass is 10.2. The van der Waals surface area contributed by atoms with E-state index in [0.717, 1.165) is 42.7 Å². The number of aliphatic hydroxyl groups excluding tert-OH is 1. The van der Waals surface area contributed by atoms with E-state index in [4.69, 9.17) is 0 Å². The highest BCUT2D eigenvalue weighted by Gasteiger charge is 2.22. The number of fused-ring (bicyclic) bond motifs is 1. The van der Waals surface area contributed by atoms with Crippen LogP contribution in [0.2, 0.25) is 0 Å². The van der Waals surface area contributed by atoms with E-state index in [1.54, 1.807) is 30.8 Å². The fourth-order valence-corrected chi connectivity index (χ4v) is 6.14. The molecule has 1 fully saturated rings. The Kier molecular flexibility index (Phi) is 8.32. The van der Waals surface area contributed by atoms with Crippen molar-refractivity contribution in [1.82, 2.24) is 28.5 Å². The van der Waals surface area contributed by atoms with Crippen molar-refractivity contribution in [2.24, 2.45) is 14.1 Å². The fraction of sp³-hybridized carbons (Fsp3) is 0.560. The van der Waals surface area contributed by atoms with Crippen LogP contribution in [-0.2, 0) is 36.9 Å². The van der Waals surface area contributed by atoms with Gasteiger partial charge in [0.15, 0.2) is 21.0 Å². The zero-order valence-electron chi connectivity index (χ0n) is 21.7. The van der Waals surface area contributed by atoms with E-state index in [1.807, 2.05) is 19.1 Å². The summed E-state index contributed by atoms with van der Waals surface area (Å²) in [4.78, 5) is 34.4. The second kappa shape index (κ2) is 11.3. The van der Waals surface area contributed by atoms with Gasteiger partial charge in [0.05, 0.1) is 29.6 Å². The minimum atomic E-state index is -3.30. The maximum absolute atomic E-state index is 12.9. The van der Waals surface area contributed by atoms with Crippen LogP contribution in [0.1, 0.15) is 18.9 Å². The number of aryl methyl sites for hydroxylation is 3. The molecule has 1 aliphatic heterocycles. The minimum Gasteiger partial charge on any atom is -0.390 e. The highest BCUT2D eigenvalue weighted by atomic mass is 32.2. The highest BCUT2D eigenvalue weighted by Crippen LogP contribution is 2.14. The van der Waals surface area contributed by atoms with Crippen LogP contribution in [0, 0.1) is 0 Å². The van der Waals surface area contributed by atoms with Gasteiger partial charge in [-0.05, 0) is 37.1 Å². The third kappa shape index (κ3) is 6.03. The second-order valence-electron chi connectivity index (χ2n) is 9.75. The van der Waals surface area contributed by atoms with Crippen LogP contribution in [-0.4, -0.2) is 93.1 Å². The number of hydrogen-bond acceptors (Lipinski definition) is 8. The first-order valence-corrected chi connectivity index (χ1v) is 14.3. The molecule has 1 aromatic carbocycles. The molecule has 0 spiro atoms. The Morgan fingerprint density at radius 1 is 1.00 bits per heavy atom. The molecule has 3 aromatic rings. The molecule has 1 N–H and O–H groups in total. The number of piperazine rings is 1. The van der Waals surface area contributed by atoms with Crippen molar-refractivity contribution in [3.63, 3.8) is 0 Å². The number of aliphatic hydroxyl groups is 1. The number of benzene rings is 1. The van der Waals surface area contributed by atoms with Crippen molar-refractivity contribution >= 4 is 21.0 Å². The first kappa shape index (κ1) is 27.2. The molecule has 0 amide bonds. The van der Waals surface area contributed by atoms with Crippen LogP contribution in [0.3, 0.4) is 0 Å². The van der Waals surface area contributed by atoms with Crippen LogP contribution in [0.4, 0.5) is 0 Å². The Balaban J connectivity index is 1.25. The van der Waals surface area contributed by atoms with Crippen LogP contribution < -0.4 is 11.2 Å². The number of nitrogens with zero attached hydrogens (tertiary/aromatic N) is 6. The Bertz CT molecular complexity index is 1450. The van der Waals surface area contributed by atoms with Crippen molar-refractivity contribution in [2.75, 3.05) is 45.0 Å². The van der Waals surface area contributed by atoms with E-state index >= 15 is 0 Å². The first-order chi connectivity index (χ1) is 17.6. The molecule has 3 heterocycles. The van der Waals surface area contributed by atoms with Gasteiger partial charge in [-0.15, -0.1) is 0 Å². The summed E-state index contributed by atoms with van der Waals surface area (Å²) in [5.74, 6) is 0.113. The van der Waals surface area contributed by atoms with Gasteiger partial charge < -0.3 is 14.6 Å². The number of aromatic nitrogens is 4. The Hall–Kier alpha value is -2.80. The lowest BCUT2D eigenvalue weighted by Gasteiger charge is -2.35. The smallest absolute Gasteiger partial charge is 0.332 e. The lowest BCUT2D eigenvalue weighted by Crippen LogP contribution is -2.50. The number of rotatable bonds is 10.